The fraction of sp³-hybridized carbons (Fsp3) is 0.316. The Morgan fingerprint density at radius 2 is 1.71 bits per heavy atom. The van der Waals surface area contributed by atoms with Gasteiger partial charge < -0.3 is 0 Å². The van der Waals surface area contributed by atoms with Gasteiger partial charge in [-0.3, -0.25) is 4.79 Å². The molecule has 2 aromatic rings. The van der Waals surface area contributed by atoms with Crippen LogP contribution in [0.25, 0.3) is 0 Å². The van der Waals surface area contributed by atoms with Crippen LogP contribution in [0.4, 0.5) is 4.39 Å². The van der Waals surface area contributed by atoms with E-state index in [-0.39, 0.29) is 11.6 Å². The number of carbonyl (C=O) groups is 1. The van der Waals surface area contributed by atoms with Gasteiger partial charge in [-0.2, -0.15) is 0 Å². The van der Waals surface area contributed by atoms with E-state index in [1.807, 2.05) is 30.3 Å². The highest BCUT2D eigenvalue weighted by molar-refractivity contribution is 6.04. The van der Waals surface area contributed by atoms with E-state index >= 15 is 0 Å². The van der Waals surface area contributed by atoms with Crippen molar-refractivity contribution in [2.45, 2.75) is 38.0 Å². The molecule has 0 N–H and O–H groups in total. The smallest absolute Gasteiger partial charge is 0.173 e. The van der Waals surface area contributed by atoms with E-state index in [1.54, 1.807) is 19.1 Å². The summed E-state index contributed by atoms with van der Waals surface area (Å²) in [6.45, 7) is 1.70. The number of aryl methyl sites for hydroxylation is 1. The molecule has 1 nitrogen and oxygen atoms in total. The van der Waals surface area contributed by atoms with Gasteiger partial charge in [-0.25, -0.2) is 4.39 Å². The highest BCUT2D eigenvalue weighted by Crippen LogP contribution is 2.43. The average molecular weight is 282 g/mol. The van der Waals surface area contributed by atoms with E-state index < -0.39 is 5.41 Å². The molecule has 0 amide bonds. The minimum atomic E-state index is -0.425. The van der Waals surface area contributed by atoms with E-state index in [1.165, 1.54) is 6.07 Å². The minimum absolute atomic E-state index is 0.134. The number of ketones is 1. The summed E-state index contributed by atoms with van der Waals surface area (Å²) in [6, 6.07) is 14.7. The average Bonchev–Trinajstić information content (AvgIpc) is 3.01. The van der Waals surface area contributed by atoms with Crippen LogP contribution >= 0.6 is 0 Å². The lowest BCUT2D eigenvalue weighted by Gasteiger charge is -2.28. The quantitative estimate of drug-likeness (QED) is 0.737. The van der Waals surface area contributed by atoms with Crippen molar-refractivity contribution < 1.29 is 9.18 Å². The van der Waals surface area contributed by atoms with E-state index in [2.05, 4.69) is 0 Å². The summed E-state index contributed by atoms with van der Waals surface area (Å²) in [5, 5.41) is 0. The fourth-order valence-corrected chi connectivity index (χ4v) is 3.44. The van der Waals surface area contributed by atoms with Crippen molar-refractivity contribution in [1.29, 1.82) is 0 Å². The van der Waals surface area contributed by atoms with E-state index in [9.17, 15) is 9.18 Å². The molecule has 0 unspecified atom stereocenters. The molecule has 0 aliphatic heterocycles. The number of rotatable bonds is 3. The molecule has 1 aliphatic rings. The fourth-order valence-electron chi connectivity index (χ4n) is 3.44. The Bertz CT molecular complexity index is 655. The van der Waals surface area contributed by atoms with Crippen molar-refractivity contribution in [3.05, 3.63) is 71.0 Å². The summed E-state index contributed by atoms with van der Waals surface area (Å²) in [5.74, 6) is -0.124. The predicted molar refractivity (Wildman–Crippen MR) is 82.1 cm³/mol. The number of halogens is 1. The zero-order chi connectivity index (χ0) is 14.9. The van der Waals surface area contributed by atoms with Gasteiger partial charge in [-0.1, -0.05) is 43.2 Å². The summed E-state index contributed by atoms with van der Waals surface area (Å²) in [6.07, 6.45) is 3.90. The number of hydrogen-bond donors (Lipinski definition) is 0. The number of Topliss-reactive ketones (excluding diaryl/α,β-unsaturated/α-hetero) is 1. The molecule has 1 fully saturated rings. The molecule has 21 heavy (non-hydrogen) atoms. The van der Waals surface area contributed by atoms with Crippen LogP contribution in [0.2, 0.25) is 0 Å². The molecule has 108 valence electrons. The standard InChI is InChI=1S/C19H19FO/c1-14-13-15(9-10-17(14)20)18(21)19(11-5-6-12-19)16-7-3-2-4-8-16/h2-4,7-10,13H,5-6,11-12H2,1H3. The van der Waals surface area contributed by atoms with Crippen LogP contribution in [0.5, 0.6) is 0 Å². The van der Waals surface area contributed by atoms with Gasteiger partial charge in [0.05, 0.1) is 5.41 Å². The molecular weight excluding hydrogens is 263 g/mol. The first-order valence-electron chi connectivity index (χ1n) is 7.50. The molecule has 1 aliphatic carbocycles. The van der Waals surface area contributed by atoms with Crippen molar-refractivity contribution in [3.8, 4) is 0 Å². The van der Waals surface area contributed by atoms with Crippen LogP contribution in [-0.4, -0.2) is 5.78 Å². The van der Waals surface area contributed by atoms with Gasteiger partial charge in [-0.05, 0) is 49.1 Å². The number of carbonyl (C=O) groups excluding carboxylic acids is 1. The Labute approximate surface area is 124 Å². The summed E-state index contributed by atoms with van der Waals surface area (Å²) in [7, 11) is 0. The topological polar surface area (TPSA) is 17.1 Å². The first kappa shape index (κ1) is 14.0. The Morgan fingerprint density at radius 3 is 2.33 bits per heavy atom. The Hall–Kier alpha value is -1.96. The third-order valence-corrected chi connectivity index (χ3v) is 4.64. The van der Waals surface area contributed by atoms with Crippen LogP contribution in [0.15, 0.2) is 48.5 Å². The highest BCUT2D eigenvalue weighted by atomic mass is 19.1. The maximum atomic E-state index is 13.4. The first-order valence-corrected chi connectivity index (χ1v) is 7.50. The first-order chi connectivity index (χ1) is 10.1. The molecule has 2 heteroatoms. The SMILES string of the molecule is Cc1cc(C(=O)C2(c3ccccc3)CCCC2)ccc1F. The predicted octanol–water partition coefficient (Wildman–Crippen LogP) is 4.83. The zero-order valence-corrected chi connectivity index (χ0v) is 12.2. The van der Waals surface area contributed by atoms with Gasteiger partial charge in [0.25, 0.3) is 0 Å². The van der Waals surface area contributed by atoms with Crippen molar-refractivity contribution in [1.82, 2.24) is 0 Å². The minimum Gasteiger partial charge on any atom is -0.293 e. The highest BCUT2D eigenvalue weighted by Gasteiger charge is 2.42. The molecule has 2 aromatic carbocycles. The maximum Gasteiger partial charge on any atom is 0.173 e. The second-order valence-electron chi connectivity index (χ2n) is 5.95. The van der Waals surface area contributed by atoms with Crippen molar-refractivity contribution in [3.63, 3.8) is 0 Å². The van der Waals surface area contributed by atoms with Crippen LogP contribution in [0.3, 0.4) is 0 Å². The van der Waals surface area contributed by atoms with Crippen LogP contribution in [0.1, 0.15) is 47.2 Å². The molecule has 3 rings (SSSR count). The number of benzene rings is 2. The second-order valence-corrected chi connectivity index (χ2v) is 5.95. The Balaban J connectivity index is 2.05. The van der Waals surface area contributed by atoms with Crippen LogP contribution < -0.4 is 0 Å². The lowest BCUT2D eigenvalue weighted by atomic mass is 9.73. The third-order valence-electron chi connectivity index (χ3n) is 4.64. The number of hydrogen-bond acceptors (Lipinski definition) is 1. The van der Waals surface area contributed by atoms with Crippen LogP contribution in [0, 0.1) is 12.7 Å². The lowest BCUT2D eigenvalue weighted by molar-refractivity contribution is 0.0886. The molecule has 0 heterocycles. The normalized spacial score (nSPS) is 16.9. The zero-order valence-electron chi connectivity index (χ0n) is 12.2. The summed E-state index contributed by atoms with van der Waals surface area (Å²) in [4.78, 5) is 13.1. The molecule has 0 atom stereocenters. The monoisotopic (exact) mass is 282 g/mol. The molecular formula is C19H19FO. The second kappa shape index (κ2) is 5.44. The van der Waals surface area contributed by atoms with Gasteiger partial charge in [0.15, 0.2) is 5.78 Å². The molecule has 0 radical (unpaired) electrons. The van der Waals surface area contributed by atoms with Gasteiger partial charge >= 0.3 is 0 Å². The summed E-state index contributed by atoms with van der Waals surface area (Å²) >= 11 is 0. The maximum absolute atomic E-state index is 13.4. The molecule has 0 spiro atoms. The Morgan fingerprint density at radius 1 is 1.05 bits per heavy atom. The summed E-state index contributed by atoms with van der Waals surface area (Å²) < 4.78 is 13.4. The van der Waals surface area contributed by atoms with Gasteiger partial charge in [0.1, 0.15) is 5.82 Å². The van der Waals surface area contributed by atoms with E-state index in [0.717, 1.165) is 31.2 Å². The van der Waals surface area contributed by atoms with Gasteiger partial charge in [0, 0.05) is 5.56 Å². The summed E-state index contributed by atoms with van der Waals surface area (Å²) in [5.41, 5.74) is 1.82. The Kier molecular flexibility index (Phi) is 3.62. The van der Waals surface area contributed by atoms with Crippen LogP contribution in [-0.2, 0) is 5.41 Å². The van der Waals surface area contributed by atoms with Gasteiger partial charge in [-0.15, -0.1) is 0 Å². The largest absolute Gasteiger partial charge is 0.293 e. The van der Waals surface area contributed by atoms with Crippen molar-refractivity contribution in [2.24, 2.45) is 0 Å². The third kappa shape index (κ3) is 2.39. The van der Waals surface area contributed by atoms with Crippen molar-refractivity contribution >= 4 is 5.78 Å². The lowest BCUT2D eigenvalue weighted by Crippen LogP contribution is -2.33. The molecule has 0 bridgehead atoms. The molecule has 1 saturated carbocycles. The van der Waals surface area contributed by atoms with E-state index in [4.69, 9.17) is 0 Å². The molecule has 0 aromatic heterocycles. The molecule has 0 saturated heterocycles. The van der Waals surface area contributed by atoms with Gasteiger partial charge in [0.2, 0.25) is 0 Å². The van der Waals surface area contributed by atoms with Crippen molar-refractivity contribution in [2.75, 3.05) is 0 Å². The van der Waals surface area contributed by atoms with E-state index in [0.29, 0.717) is 11.1 Å².